The minimum absolute atomic E-state index is 0.00655. The van der Waals surface area contributed by atoms with Crippen molar-refractivity contribution in [2.45, 2.75) is 39.6 Å². The maximum atomic E-state index is 13.3. The van der Waals surface area contributed by atoms with Gasteiger partial charge in [0.25, 0.3) is 5.91 Å². The molecule has 3 aromatic carbocycles. The van der Waals surface area contributed by atoms with E-state index in [0.717, 1.165) is 39.4 Å². The molecule has 322 valence electrons. The number of para-hydroxylation sites is 2. The maximum Gasteiger partial charge on any atom is 0.573 e. The van der Waals surface area contributed by atoms with Gasteiger partial charge in [-0.3, -0.25) is 35.1 Å². The molecule has 0 bridgehead atoms. The van der Waals surface area contributed by atoms with Gasteiger partial charge in [-0.1, -0.05) is 65.8 Å². The van der Waals surface area contributed by atoms with Crippen LogP contribution in [-0.4, -0.2) is 83.8 Å². The molecule has 3 heterocycles. The first-order chi connectivity index (χ1) is 29.5. The molecule has 0 unspecified atom stereocenters. The number of anilines is 1. The summed E-state index contributed by atoms with van der Waals surface area (Å²) in [4.78, 5) is 50.9. The lowest BCUT2D eigenvalue weighted by molar-refractivity contribution is -0.274. The highest BCUT2D eigenvalue weighted by Crippen LogP contribution is 2.40. The first-order valence-electron chi connectivity index (χ1n) is 18.9. The van der Waals surface area contributed by atoms with E-state index in [1.807, 2.05) is 26.0 Å². The van der Waals surface area contributed by atoms with Crippen LogP contribution in [0.1, 0.15) is 50.8 Å². The fourth-order valence-corrected chi connectivity index (χ4v) is 8.45. The van der Waals surface area contributed by atoms with Crippen LogP contribution in [0.25, 0.3) is 5.70 Å². The Morgan fingerprint density at radius 2 is 1.66 bits per heavy atom. The third-order valence-corrected chi connectivity index (χ3v) is 11.7. The number of thioether (sulfide) groups is 1. The number of halogens is 4. The van der Waals surface area contributed by atoms with E-state index in [1.165, 1.54) is 40.5 Å². The van der Waals surface area contributed by atoms with Crippen molar-refractivity contribution in [2.75, 3.05) is 30.3 Å². The van der Waals surface area contributed by atoms with E-state index in [4.69, 9.17) is 32.8 Å². The first-order valence-corrected chi connectivity index (χ1v) is 21.1. The topological polar surface area (TPSA) is 208 Å². The molecule has 62 heavy (non-hydrogen) atoms. The number of carbonyl (C=O) groups excluding carboxylic acids is 3. The van der Waals surface area contributed by atoms with Crippen LogP contribution in [-0.2, 0) is 9.59 Å². The summed E-state index contributed by atoms with van der Waals surface area (Å²) in [6, 6.07) is 18.2. The lowest BCUT2D eigenvalue weighted by Crippen LogP contribution is -2.43. The van der Waals surface area contributed by atoms with Crippen molar-refractivity contribution < 1.29 is 32.3 Å². The van der Waals surface area contributed by atoms with Crippen molar-refractivity contribution >= 4 is 97.1 Å². The maximum absolute atomic E-state index is 13.3. The van der Waals surface area contributed by atoms with Crippen LogP contribution in [0.3, 0.4) is 0 Å². The summed E-state index contributed by atoms with van der Waals surface area (Å²) in [6.45, 7) is 5.43. The van der Waals surface area contributed by atoms with Crippen molar-refractivity contribution in [2.24, 2.45) is 9.98 Å². The van der Waals surface area contributed by atoms with Crippen LogP contribution >= 0.6 is 34.7 Å². The fourth-order valence-electron chi connectivity index (χ4n) is 6.39. The lowest BCUT2D eigenvalue weighted by Gasteiger charge is -2.24. The fraction of sp³-hybridized carbons (Fsp3) is 0.238. The summed E-state index contributed by atoms with van der Waals surface area (Å²) in [7, 11) is 0. The number of ether oxygens (including phenoxy) is 1. The van der Waals surface area contributed by atoms with E-state index in [0.29, 0.717) is 37.9 Å². The van der Waals surface area contributed by atoms with Crippen LogP contribution in [0, 0.1) is 30.1 Å². The minimum atomic E-state index is -4.99. The van der Waals surface area contributed by atoms with Gasteiger partial charge in [0, 0.05) is 39.7 Å². The van der Waals surface area contributed by atoms with E-state index >= 15 is 0 Å². The standard InChI is InChI=1S/C42H40ClF3N10O4S2/c1-22-23(2)62-40-36(22)37(25-12-14-26(43)15-13-25)53-32(38(49)56(40)24(3)47)19-34(57)50-16-17-51-35(58)21-61-41-54-30-10-6-4-8-28(30)31(55-41)18-27(48)20-52-39(59)29-9-5-7-11-33(29)60-42(44,45)46/h4-15,18,32,47-49H,16-17,19-21H2,1-3H3,(H,50,57)(H,51,58)(H,52,59)(H,54,55)/b31-18-,47-24?,48-27?,49-38?/t32-/m0/s1. The Morgan fingerprint density at radius 1 is 0.984 bits per heavy atom. The molecular formula is C42H40ClF3N10O4S2. The zero-order chi connectivity index (χ0) is 44.7. The highest BCUT2D eigenvalue weighted by Gasteiger charge is 2.35. The van der Waals surface area contributed by atoms with Gasteiger partial charge in [-0.15, -0.1) is 24.5 Å². The van der Waals surface area contributed by atoms with Crippen LogP contribution in [0.5, 0.6) is 5.75 Å². The average Bonchev–Trinajstić information content (AvgIpc) is 3.44. The average molecular weight is 905 g/mol. The Labute approximate surface area is 367 Å². The highest BCUT2D eigenvalue weighted by atomic mass is 35.5. The number of nitrogens with one attached hydrogen (secondary N) is 7. The van der Waals surface area contributed by atoms with Gasteiger partial charge in [-0.05, 0) is 62.7 Å². The van der Waals surface area contributed by atoms with Crippen molar-refractivity contribution in [1.82, 2.24) is 21.3 Å². The molecule has 1 aromatic heterocycles. The Hall–Kier alpha value is -6.31. The molecule has 3 amide bonds. The summed E-state index contributed by atoms with van der Waals surface area (Å²) < 4.78 is 42.5. The predicted octanol–water partition coefficient (Wildman–Crippen LogP) is 7.35. The summed E-state index contributed by atoms with van der Waals surface area (Å²) in [5, 5.41) is 38.8. The number of alkyl halides is 3. The van der Waals surface area contributed by atoms with Gasteiger partial charge >= 0.3 is 6.36 Å². The monoisotopic (exact) mass is 904 g/mol. The highest BCUT2D eigenvalue weighted by molar-refractivity contribution is 8.14. The zero-order valence-corrected chi connectivity index (χ0v) is 35.8. The molecule has 0 radical (unpaired) electrons. The van der Waals surface area contributed by atoms with E-state index in [9.17, 15) is 27.6 Å². The molecule has 0 saturated carbocycles. The minimum Gasteiger partial charge on any atom is -0.405 e. The number of thiophene rings is 1. The number of hydrogen-bond donors (Lipinski definition) is 7. The quantitative estimate of drug-likeness (QED) is 0.0412. The number of aliphatic imine (C=N–C) groups is 2. The largest absolute Gasteiger partial charge is 0.573 e. The molecule has 4 aromatic rings. The summed E-state index contributed by atoms with van der Waals surface area (Å²) in [5.41, 5.74) is 4.36. The van der Waals surface area contributed by atoms with Gasteiger partial charge in [0.2, 0.25) is 11.8 Å². The summed E-state index contributed by atoms with van der Waals surface area (Å²) in [6.07, 6.45) is -3.72. The summed E-state index contributed by atoms with van der Waals surface area (Å²) >= 11 is 8.74. The second kappa shape index (κ2) is 19.6. The van der Waals surface area contributed by atoms with Gasteiger partial charge in [-0.25, -0.2) is 4.99 Å². The Bertz CT molecular complexity index is 2540. The number of rotatable bonds is 13. The smallest absolute Gasteiger partial charge is 0.405 e. The first kappa shape index (κ1) is 45.2. The van der Waals surface area contributed by atoms with E-state index < -0.39 is 30.0 Å². The molecule has 2 aliphatic rings. The number of aryl methyl sites for hydroxylation is 1. The molecule has 0 fully saturated rings. The molecular weight excluding hydrogens is 865 g/mol. The number of benzene rings is 3. The van der Waals surface area contributed by atoms with Gasteiger partial charge in [0.1, 0.15) is 28.5 Å². The molecule has 7 N–H and O–H groups in total. The van der Waals surface area contributed by atoms with E-state index in [1.54, 1.807) is 43.3 Å². The van der Waals surface area contributed by atoms with Crippen LogP contribution in [0.4, 0.5) is 23.9 Å². The van der Waals surface area contributed by atoms with Crippen LogP contribution in [0.2, 0.25) is 5.02 Å². The van der Waals surface area contributed by atoms with Crippen molar-refractivity contribution in [1.29, 1.82) is 16.2 Å². The van der Waals surface area contributed by atoms with Crippen LogP contribution in [0.15, 0.2) is 88.9 Å². The second-order valence-electron chi connectivity index (χ2n) is 13.8. The van der Waals surface area contributed by atoms with Gasteiger partial charge in [-0.2, -0.15) is 0 Å². The van der Waals surface area contributed by atoms with E-state index in [-0.39, 0.29) is 60.7 Å². The second-order valence-corrected chi connectivity index (χ2v) is 16.4. The molecule has 14 nitrogen and oxygen atoms in total. The number of fused-ring (bicyclic) bond motifs is 2. The van der Waals surface area contributed by atoms with E-state index in [2.05, 4.69) is 31.0 Å². The lowest BCUT2D eigenvalue weighted by atomic mass is 9.99. The molecule has 0 aliphatic carbocycles. The third kappa shape index (κ3) is 11.1. The number of carbonyl (C=O) groups is 3. The Balaban J connectivity index is 1.02. The van der Waals surface area contributed by atoms with Gasteiger partial charge < -0.3 is 31.4 Å². The molecule has 0 spiro atoms. The normalized spacial score (nSPS) is 15.3. The number of amidine groups is 3. The van der Waals surface area contributed by atoms with Crippen molar-refractivity contribution in [3.05, 3.63) is 117 Å². The van der Waals surface area contributed by atoms with Crippen molar-refractivity contribution in [3.63, 3.8) is 0 Å². The van der Waals surface area contributed by atoms with Crippen LogP contribution < -0.4 is 30.9 Å². The Morgan fingerprint density at radius 3 is 2.37 bits per heavy atom. The molecule has 20 heteroatoms. The molecule has 0 saturated heterocycles. The zero-order valence-electron chi connectivity index (χ0n) is 33.4. The third-order valence-electron chi connectivity index (χ3n) is 9.36. The molecule has 2 aliphatic heterocycles. The summed E-state index contributed by atoms with van der Waals surface area (Å²) in [5.74, 6) is -2.21. The Kier molecular flexibility index (Phi) is 14.3. The number of amides is 3. The number of hydrogen-bond acceptors (Lipinski definition) is 12. The predicted molar refractivity (Wildman–Crippen MR) is 239 cm³/mol. The van der Waals surface area contributed by atoms with Crippen molar-refractivity contribution in [3.8, 4) is 5.75 Å². The number of nitrogens with zero attached hydrogens (tertiary/aromatic N) is 3. The molecule has 1 atom stereocenters. The molecule has 6 rings (SSSR count). The SMILES string of the molecule is CC(=N)N1C(=N)[C@H](CC(=O)NCCNC(=O)CSC2=Nc3ccccc3/C(=C/C(=N)CNC(=O)c3ccccc3OC(F)(F)F)N2)N=C(c2ccc(Cl)cc2)c2c1sc(C)c2C. The van der Waals surface area contributed by atoms with Gasteiger partial charge in [0.15, 0.2) is 5.17 Å². The van der Waals surface area contributed by atoms with Gasteiger partial charge in [0.05, 0.1) is 47.1 Å².